The summed E-state index contributed by atoms with van der Waals surface area (Å²) in [7, 11) is 3.82. The number of benzene rings is 1. The van der Waals surface area contributed by atoms with Crippen molar-refractivity contribution in [1.29, 1.82) is 0 Å². The number of amides is 2. The first-order valence-electron chi connectivity index (χ1n) is 26.0. The summed E-state index contributed by atoms with van der Waals surface area (Å²) in [5.74, 6) is -1.42. The van der Waals surface area contributed by atoms with Crippen molar-refractivity contribution in [2.45, 2.75) is 108 Å². The molecule has 0 unspecified atom stereocenters. The second kappa shape index (κ2) is 18.6. The molecule has 12 rings (SSSR count). The van der Waals surface area contributed by atoms with E-state index in [1.807, 2.05) is 18.3 Å². The van der Waals surface area contributed by atoms with Crippen LogP contribution in [0.1, 0.15) is 99.4 Å². The molecule has 1 aromatic carbocycles. The van der Waals surface area contributed by atoms with Gasteiger partial charge in [0.05, 0.1) is 48.5 Å². The lowest BCUT2D eigenvalue weighted by molar-refractivity contribution is -0.187. The Hall–Kier alpha value is -5.21. The third kappa shape index (κ3) is 8.73. The first-order chi connectivity index (χ1) is 34.8. The Morgan fingerprint density at radius 2 is 1.85 bits per heavy atom. The van der Waals surface area contributed by atoms with Gasteiger partial charge in [-0.2, -0.15) is 0 Å². The van der Waals surface area contributed by atoms with Gasteiger partial charge in [-0.3, -0.25) is 34.2 Å². The number of hydrogen-bond acceptors (Lipinski definition) is 15. The van der Waals surface area contributed by atoms with Crippen molar-refractivity contribution in [3.63, 3.8) is 0 Å². The van der Waals surface area contributed by atoms with Gasteiger partial charge in [-0.1, -0.05) is 26.8 Å². The Bertz CT molecular complexity index is 2870. The molecule has 1 spiro atoms. The number of rotatable bonds is 9. The zero-order valence-corrected chi connectivity index (χ0v) is 43.1. The summed E-state index contributed by atoms with van der Waals surface area (Å²) in [5.41, 5.74) is 10.3. The molecule has 2 aliphatic carbocycles. The number of nitrogens with zero attached hydrogens (tertiary/aromatic N) is 9. The van der Waals surface area contributed by atoms with Gasteiger partial charge in [0.15, 0.2) is 0 Å². The number of morpholine rings is 1. The minimum absolute atomic E-state index is 0.0116. The maximum absolute atomic E-state index is 15.5. The molecule has 72 heavy (non-hydrogen) atoms. The first-order valence-corrected chi connectivity index (χ1v) is 26.9. The van der Waals surface area contributed by atoms with Crippen molar-refractivity contribution in [2.24, 2.45) is 17.3 Å². The average Bonchev–Trinajstić information content (AvgIpc) is 4.24. The van der Waals surface area contributed by atoms with Gasteiger partial charge in [0.1, 0.15) is 29.0 Å². The molecule has 2 amide bonds. The number of methoxy groups -OCH3 is 1. The van der Waals surface area contributed by atoms with Gasteiger partial charge < -0.3 is 29.0 Å². The first kappa shape index (κ1) is 47.8. The highest BCUT2D eigenvalue weighted by Crippen LogP contribution is 2.53. The Kier molecular flexibility index (Phi) is 12.4. The fourth-order valence-electron chi connectivity index (χ4n) is 12.7. The number of esters is 1. The lowest BCUT2D eigenvalue weighted by atomic mass is 9.84. The maximum Gasteiger partial charge on any atom is 0.324 e. The summed E-state index contributed by atoms with van der Waals surface area (Å²) < 4.78 is 21.4. The fourth-order valence-corrected chi connectivity index (χ4v) is 13.7. The van der Waals surface area contributed by atoms with E-state index < -0.39 is 35.1 Å². The smallest absolute Gasteiger partial charge is 0.324 e. The summed E-state index contributed by atoms with van der Waals surface area (Å²) in [6, 6.07) is 11.2. The van der Waals surface area contributed by atoms with Crippen molar-refractivity contribution in [3.8, 4) is 22.5 Å². The molecule has 6 fully saturated rings. The van der Waals surface area contributed by atoms with Gasteiger partial charge in [-0.25, -0.2) is 20.4 Å². The van der Waals surface area contributed by atoms with E-state index in [1.54, 1.807) is 18.3 Å². The SMILES string of the molecule is CO[C@@H](C)c1ncccc1-c1c2c3cc(ccc3n1C1CN(C3CC3)C1)-c1csc(n1)[C@@H](N1CCOC3(CN(C)C3)C1)[C@H](NC(=O)[C@@H]1[C@@H](C)[C@H]1c1ccncn1)C(=O)N1CCC[C@H](N1)C(=O)OCC(C)(C)C2. The Morgan fingerprint density at radius 1 is 1.01 bits per heavy atom. The molecule has 2 saturated carbocycles. The molecule has 7 atom stereocenters. The largest absolute Gasteiger partial charge is 0.464 e. The molecular weight excluding hydrogens is 931 g/mol. The minimum atomic E-state index is -1.06. The molecule has 4 aromatic heterocycles. The lowest BCUT2D eigenvalue weighted by Crippen LogP contribution is -2.70. The van der Waals surface area contributed by atoms with Crippen LogP contribution in [0.2, 0.25) is 0 Å². The van der Waals surface area contributed by atoms with Crippen LogP contribution in [-0.4, -0.2) is 159 Å². The molecule has 5 aromatic rings. The lowest BCUT2D eigenvalue weighted by Gasteiger charge is -2.54. The van der Waals surface area contributed by atoms with Crippen molar-refractivity contribution in [2.75, 3.05) is 73.2 Å². The van der Waals surface area contributed by atoms with Crippen LogP contribution in [0.4, 0.5) is 0 Å². The molecule has 5 aliphatic heterocycles. The molecule has 4 saturated heterocycles. The number of ether oxygens (including phenoxy) is 3. The van der Waals surface area contributed by atoms with E-state index in [4.69, 9.17) is 24.2 Å². The van der Waals surface area contributed by atoms with Crippen molar-refractivity contribution in [3.05, 3.63) is 82.5 Å². The molecule has 380 valence electrons. The molecule has 2 N–H and O–H groups in total. The summed E-state index contributed by atoms with van der Waals surface area (Å²) in [5, 5.41) is 8.84. The number of likely N-dealkylation sites (tertiary alicyclic amines) is 2. The third-order valence-electron chi connectivity index (χ3n) is 16.6. The fraction of sp³-hybridized carbons (Fsp3) is 0.574. The molecule has 9 heterocycles. The maximum atomic E-state index is 15.5. The number of cyclic esters (lactones) is 1. The van der Waals surface area contributed by atoms with E-state index in [9.17, 15) is 9.59 Å². The van der Waals surface area contributed by atoms with E-state index in [0.29, 0.717) is 51.5 Å². The Labute approximate surface area is 425 Å². The van der Waals surface area contributed by atoms with Crippen LogP contribution in [0.5, 0.6) is 0 Å². The highest BCUT2D eigenvalue weighted by molar-refractivity contribution is 7.10. The van der Waals surface area contributed by atoms with E-state index >= 15 is 4.79 Å². The predicted molar refractivity (Wildman–Crippen MR) is 271 cm³/mol. The van der Waals surface area contributed by atoms with Crippen LogP contribution < -0.4 is 10.7 Å². The van der Waals surface area contributed by atoms with Gasteiger partial charge in [0, 0.05) is 122 Å². The van der Waals surface area contributed by atoms with Crippen LogP contribution in [-0.2, 0) is 35.0 Å². The quantitative estimate of drug-likeness (QED) is 0.176. The standard InChI is InChI=1S/C54H67N11O6S/c1-31-43(39-15-17-55-30-57-39)44(31)49(66)59-46-48(62-19-20-71-54(28-62)26-61(5)27-54)50-58-41(25-72-50)33-11-14-42-37(21-33)38(22-53(3,4)29-70-52(68)40-10-8-18-64(60-40)51(46)67)47(36-9-7-16-56-45(36)32(2)69-6)65(42)35-23-63(24-35)34-12-13-34/h7,9,11,14-17,21,25,30-32,34-35,40,43-44,46,48,60H,8,10,12-13,18-20,22-24,26-29H2,1-6H3,(H,59,66)/t31-,32-,40-,43-,44+,46-,48-/m0/s1. The zero-order valence-electron chi connectivity index (χ0n) is 42.3. The zero-order chi connectivity index (χ0) is 49.6. The van der Waals surface area contributed by atoms with Crippen LogP contribution in [0.25, 0.3) is 33.4 Å². The van der Waals surface area contributed by atoms with Gasteiger partial charge in [-0.15, -0.1) is 11.3 Å². The Balaban J connectivity index is 1.01. The van der Waals surface area contributed by atoms with Gasteiger partial charge in [0.2, 0.25) is 5.91 Å². The molecular formula is C54H67N11O6S. The van der Waals surface area contributed by atoms with E-state index in [0.717, 1.165) is 76.0 Å². The highest BCUT2D eigenvalue weighted by Gasteiger charge is 2.56. The third-order valence-corrected chi connectivity index (χ3v) is 17.5. The summed E-state index contributed by atoms with van der Waals surface area (Å²) in [6.45, 7) is 14.0. The normalized spacial score (nSPS) is 28.5. The summed E-state index contributed by atoms with van der Waals surface area (Å²) in [6.07, 6.45) is 9.00. The predicted octanol–water partition coefficient (Wildman–Crippen LogP) is 5.56. The second-order valence-electron chi connectivity index (χ2n) is 22.6. The molecule has 17 nitrogen and oxygen atoms in total. The van der Waals surface area contributed by atoms with Crippen molar-refractivity contribution >= 4 is 40.0 Å². The number of hydrogen-bond donors (Lipinski definition) is 2. The minimum Gasteiger partial charge on any atom is -0.464 e. The monoisotopic (exact) mass is 997 g/mol. The number of carbonyl (C=O) groups is 3. The number of likely N-dealkylation sites (N-methyl/N-ethyl adjacent to an activating group) is 1. The number of carbonyl (C=O) groups excluding carboxylic acids is 3. The summed E-state index contributed by atoms with van der Waals surface area (Å²) >= 11 is 1.52. The molecule has 6 bridgehead atoms. The number of fused-ring (bicyclic) bond motifs is 6. The topological polar surface area (TPSA) is 172 Å². The Morgan fingerprint density at radius 3 is 2.61 bits per heavy atom. The summed E-state index contributed by atoms with van der Waals surface area (Å²) in [4.78, 5) is 70.9. The van der Waals surface area contributed by atoms with Gasteiger partial charge in [-0.05, 0) is 87.9 Å². The number of thiazole rings is 1. The van der Waals surface area contributed by atoms with Crippen LogP contribution >= 0.6 is 11.3 Å². The number of pyridine rings is 1. The number of hydrazine groups is 1. The van der Waals surface area contributed by atoms with Crippen molar-refractivity contribution < 1.29 is 28.6 Å². The van der Waals surface area contributed by atoms with Crippen LogP contribution in [0.15, 0.2) is 60.5 Å². The van der Waals surface area contributed by atoms with Crippen LogP contribution in [0, 0.1) is 17.3 Å². The number of nitrogens with one attached hydrogen (secondary N) is 2. The van der Waals surface area contributed by atoms with E-state index in [1.165, 1.54) is 36.1 Å². The van der Waals surface area contributed by atoms with E-state index in [-0.39, 0.29) is 48.3 Å². The average molecular weight is 998 g/mol. The molecule has 7 aliphatic rings. The van der Waals surface area contributed by atoms with Gasteiger partial charge in [0.25, 0.3) is 5.91 Å². The molecule has 0 radical (unpaired) electrons. The number of aromatic nitrogens is 5. The van der Waals surface area contributed by atoms with Gasteiger partial charge >= 0.3 is 5.97 Å². The second-order valence-corrected chi connectivity index (χ2v) is 23.5. The van der Waals surface area contributed by atoms with E-state index in [2.05, 4.69) is 104 Å². The highest BCUT2D eigenvalue weighted by atomic mass is 32.1. The van der Waals surface area contributed by atoms with Crippen LogP contribution in [0.3, 0.4) is 0 Å². The van der Waals surface area contributed by atoms with Crippen molar-refractivity contribution in [1.82, 2.24) is 55.0 Å². The molecule has 18 heteroatoms.